The maximum absolute atomic E-state index is 11.9. The Morgan fingerprint density at radius 1 is 0.871 bits per heavy atom. The van der Waals surface area contributed by atoms with E-state index in [0.717, 1.165) is 29.5 Å². The molecule has 0 aromatic heterocycles. The third-order valence-electron chi connectivity index (χ3n) is 6.82. The molecule has 1 aliphatic heterocycles. The average molecular weight is 415 g/mol. The van der Waals surface area contributed by atoms with Crippen LogP contribution in [0.1, 0.15) is 49.8 Å². The number of benzene rings is 3. The molecule has 3 nitrogen and oxygen atoms in total. The van der Waals surface area contributed by atoms with Gasteiger partial charge >= 0.3 is 5.97 Å². The van der Waals surface area contributed by atoms with Gasteiger partial charge in [-0.15, -0.1) is 0 Å². The van der Waals surface area contributed by atoms with Crippen LogP contribution >= 0.6 is 0 Å². The van der Waals surface area contributed by atoms with E-state index in [1.54, 1.807) is 0 Å². The molecule has 4 rings (SSSR count). The molecule has 0 N–H and O–H groups in total. The Hall–Kier alpha value is -2.91. The number of hydrogen-bond acceptors (Lipinski definition) is 3. The van der Waals surface area contributed by atoms with Gasteiger partial charge in [-0.3, -0.25) is 4.79 Å². The quantitative estimate of drug-likeness (QED) is 0.345. The second kappa shape index (κ2) is 9.07. The van der Waals surface area contributed by atoms with Crippen LogP contribution in [0.15, 0.2) is 91.0 Å². The fraction of sp³-hybridized carbons (Fsp3) is 0.321. The smallest absolute Gasteiger partial charge is 0.306 e. The number of rotatable bonds is 7. The molecular weight excluding hydrogens is 384 g/mol. The monoisotopic (exact) mass is 414 g/mol. The molecular formula is C28H30O3. The predicted octanol–water partition coefficient (Wildman–Crippen LogP) is 6.12. The molecule has 1 heterocycles. The van der Waals surface area contributed by atoms with Crippen molar-refractivity contribution in [2.45, 2.75) is 44.8 Å². The van der Waals surface area contributed by atoms with E-state index in [9.17, 15) is 4.79 Å². The van der Waals surface area contributed by atoms with Crippen LogP contribution in [0.5, 0.6) is 0 Å². The van der Waals surface area contributed by atoms with Gasteiger partial charge in [0.25, 0.3) is 0 Å². The molecule has 2 atom stereocenters. The highest BCUT2D eigenvalue weighted by molar-refractivity contribution is 5.70. The Bertz CT molecular complexity index is 888. The maximum Gasteiger partial charge on any atom is 0.306 e. The van der Waals surface area contributed by atoms with Gasteiger partial charge in [0.05, 0.1) is 6.61 Å². The van der Waals surface area contributed by atoms with Crippen molar-refractivity contribution < 1.29 is 14.3 Å². The van der Waals surface area contributed by atoms with E-state index in [-0.39, 0.29) is 17.5 Å². The van der Waals surface area contributed by atoms with Crippen LogP contribution in [-0.4, -0.2) is 18.7 Å². The Morgan fingerprint density at radius 2 is 1.32 bits per heavy atom. The van der Waals surface area contributed by atoms with Crippen LogP contribution in [0.25, 0.3) is 0 Å². The lowest BCUT2D eigenvalue weighted by Crippen LogP contribution is -2.47. The predicted molar refractivity (Wildman–Crippen MR) is 123 cm³/mol. The molecule has 1 aliphatic rings. The van der Waals surface area contributed by atoms with E-state index >= 15 is 0 Å². The van der Waals surface area contributed by atoms with Gasteiger partial charge in [0.2, 0.25) is 0 Å². The molecule has 1 fully saturated rings. The molecule has 0 spiro atoms. The molecule has 1 saturated heterocycles. The lowest BCUT2D eigenvalue weighted by Gasteiger charge is -2.44. The molecule has 160 valence electrons. The summed E-state index contributed by atoms with van der Waals surface area (Å²) >= 11 is 0. The minimum Gasteiger partial charge on any atom is -0.462 e. The largest absolute Gasteiger partial charge is 0.462 e. The summed E-state index contributed by atoms with van der Waals surface area (Å²) in [6, 6.07) is 31.2. The molecule has 0 amide bonds. The minimum atomic E-state index is -0.757. The van der Waals surface area contributed by atoms with Gasteiger partial charge < -0.3 is 9.47 Å². The van der Waals surface area contributed by atoms with E-state index in [0.29, 0.717) is 13.0 Å². The van der Waals surface area contributed by atoms with Crippen LogP contribution in [0.2, 0.25) is 0 Å². The van der Waals surface area contributed by atoms with Gasteiger partial charge in [-0.1, -0.05) is 97.9 Å². The number of cyclic esters (lactones) is 1. The summed E-state index contributed by atoms with van der Waals surface area (Å²) in [7, 11) is 0. The zero-order valence-corrected chi connectivity index (χ0v) is 18.3. The molecule has 31 heavy (non-hydrogen) atoms. The first kappa shape index (κ1) is 21.3. The highest BCUT2D eigenvalue weighted by Crippen LogP contribution is 2.45. The zero-order chi connectivity index (χ0) is 21.7. The van der Waals surface area contributed by atoms with Crippen molar-refractivity contribution in [3.05, 3.63) is 108 Å². The van der Waals surface area contributed by atoms with Crippen LogP contribution in [0.4, 0.5) is 0 Å². The van der Waals surface area contributed by atoms with E-state index in [2.05, 4.69) is 79.7 Å². The van der Waals surface area contributed by atoms with Crippen molar-refractivity contribution in [2.75, 3.05) is 6.61 Å². The van der Waals surface area contributed by atoms with Gasteiger partial charge in [0, 0.05) is 11.8 Å². The minimum absolute atomic E-state index is 0.114. The van der Waals surface area contributed by atoms with E-state index in [1.165, 1.54) is 0 Å². The lowest BCUT2D eigenvalue weighted by molar-refractivity contribution is -0.174. The number of ether oxygens (including phenoxy) is 2. The summed E-state index contributed by atoms with van der Waals surface area (Å²) in [5.74, 6) is -0.114. The van der Waals surface area contributed by atoms with Crippen molar-refractivity contribution in [1.82, 2.24) is 0 Å². The summed E-state index contributed by atoms with van der Waals surface area (Å²) in [6.07, 6.45) is 1.92. The van der Waals surface area contributed by atoms with Crippen molar-refractivity contribution in [1.29, 1.82) is 0 Å². The van der Waals surface area contributed by atoms with Crippen LogP contribution in [0, 0.1) is 5.41 Å². The van der Waals surface area contributed by atoms with Crippen molar-refractivity contribution >= 4 is 5.97 Å². The average Bonchev–Trinajstić information content (AvgIpc) is 2.83. The fourth-order valence-electron chi connectivity index (χ4n) is 4.71. The highest BCUT2D eigenvalue weighted by Gasteiger charge is 2.45. The van der Waals surface area contributed by atoms with Gasteiger partial charge in [0.1, 0.15) is 11.7 Å². The summed E-state index contributed by atoms with van der Waals surface area (Å²) in [5.41, 5.74) is 2.28. The molecule has 3 aromatic rings. The molecule has 1 unspecified atom stereocenters. The van der Waals surface area contributed by atoms with Gasteiger partial charge in [-0.2, -0.15) is 0 Å². The summed E-state index contributed by atoms with van der Waals surface area (Å²) in [6.45, 7) is 4.66. The second-order valence-corrected chi connectivity index (χ2v) is 8.42. The molecule has 0 aliphatic carbocycles. The first-order valence-corrected chi connectivity index (χ1v) is 11.1. The topological polar surface area (TPSA) is 35.5 Å². The Balaban J connectivity index is 1.83. The number of carbonyl (C=O) groups excluding carboxylic acids is 1. The Kier molecular flexibility index (Phi) is 6.24. The summed E-state index contributed by atoms with van der Waals surface area (Å²) in [4.78, 5) is 11.9. The van der Waals surface area contributed by atoms with E-state index < -0.39 is 5.60 Å². The van der Waals surface area contributed by atoms with Gasteiger partial charge in [0.15, 0.2) is 0 Å². The van der Waals surface area contributed by atoms with Crippen LogP contribution < -0.4 is 0 Å². The normalized spacial score (nSPS) is 21.5. The first-order valence-electron chi connectivity index (χ1n) is 11.1. The van der Waals surface area contributed by atoms with Gasteiger partial charge in [-0.25, -0.2) is 0 Å². The highest BCUT2D eigenvalue weighted by atomic mass is 16.6. The van der Waals surface area contributed by atoms with Crippen LogP contribution in [0.3, 0.4) is 0 Å². The SMILES string of the molecule is CC[C@]1(COC(c2ccccc2)(c2ccccc2)c2ccccc2)CCC(=O)OC1C. The third-order valence-corrected chi connectivity index (χ3v) is 6.82. The van der Waals surface area contributed by atoms with E-state index in [4.69, 9.17) is 9.47 Å². The molecule has 0 radical (unpaired) electrons. The summed E-state index contributed by atoms with van der Waals surface area (Å²) < 4.78 is 12.7. The Labute approximate surface area is 185 Å². The third kappa shape index (κ3) is 4.03. The van der Waals surface area contributed by atoms with E-state index in [1.807, 2.05) is 25.1 Å². The van der Waals surface area contributed by atoms with Crippen molar-refractivity contribution in [3.63, 3.8) is 0 Å². The summed E-state index contributed by atoms with van der Waals surface area (Å²) in [5, 5.41) is 0. The number of carbonyl (C=O) groups is 1. The van der Waals surface area contributed by atoms with Crippen molar-refractivity contribution in [3.8, 4) is 0 Å². The standard InChI is InChI=1S/C28H30O3/c1-3-27(20-19-26(29)31-22(27)2)21-30-28(23-13-7-4-8-14-23,24-15-9-5-10-16-24)25-17-11-6-12-18-25/h4-18,22H,3,19-21H2,1-2H3/t22?,27-/m1/s1. The lowest BCUT2D eigenvalue weighted by atomic mass is 9.74. The maximum atomic E-state index is 11.9. The second-order valence-electron chi connectivity index (χ2n) is 8.42. The number of esters is 1. The van der Waals surface area contributed by atoms with Crippen molar-refractivity contribution in [2.24, 2.45) is 5.41 Å². The molecule has 3 aromatic carbocycles. The van der Waals surface area contributed by atoms with Gasteiger partial charge in [-0.05, 0) is 36.5 Å². The fourth-order valence-corrected chi connectivity index (χ4v) is 4.71. The molecule has 0 bridgehead atoms. The van der Waals surface area contributed by atoms with Crippen LogP contribution in [-0.2, 0) is 19.9 Å². The zero-order valence-electron chi connectivity index (χ0n) is 18.3. The molecule has 3 heteroatoms. The Morgan fingerprint density at radius 3 is 1.71 bits per heavy atom. The number of hydrogen-bond donors (Lipinski definition) is 0. The molecule has 0 saturated carbocycles. The first-order chi connectivity index (χ1) is 15.1.